The predicted octanol–water partition coefficient (Wildman–Crippen LogP) is 5.92. The summed E-state index contributed by atoms with van der Waals surface area (Å²) in [6.45, 7) is 5.38. The third-order valence-electron chi connectivity index (χ3n) is 5.61. The second kappa shape index (κ2) is 10.7. The van der Waals surface area contributed by atoms with Gasteiger partial charge in [-0.1, -0.05) is 23.7 Å². The lowest BCUT2D eigenvalue weighted by molar-refractivity contribution is -0.118. The molecule has 0 radical (unpaired) electrons. The van der Waals surface area contributed by atoms with Crippen LogP contribution in [0.5, 0.6) is 5.75 Å². The standard InChI is InChI=1S/C28H24ClNO6/c1-4-34-28(33)18-9-11-19(12-10-18)30-24(31)15-35-27-25(32)21-13-16(2)17(3)14-23(21)36-26(27)20-7-5-6-8-22(20)29/h5-14H,4,15H2,1-3H3,(H,30,31). The van der Waals surface area contributed by atoms with Crippen molar-refractivity contribution in [3.05, 3.63) is 92.6 Å². The zero-order chi connectivity index (χ0) is 25.8. The van der Waals surface area contributed by atoms with Crippen molar-refractivity contribution in [3.63, 3.8) is 0 Å². The molecule has 7 nitrogen and oxygen atoms in total. The first-order valence-electron chi connectivity index (χ1n) is 11.3. The number of nitrogens with one attached hydrogen (secondary N) is 1. The van der Waals surface area contributed by atoms with Gasteiger partial charge < -0.3 is 19.2 Å². The van der Waals surface area contributed by atoms with Crippen LogP contribution >= 0.6 is 11.6 Å². The van der Waals surface area contributed by atoms with Gasteiger partial charge in [0.1, 0.15) is 5.58 Å². The van der Waals surface area contributed by atoms with Crippen LogP contribution in [0.1, 0.15) is 28.4 Å². The number of esters is 1. The lowest BCUT2D eigenvalue weighted by Crippen LogP contribution is -2.22. The average Bonchev–Trinajstić information content (AvgIpc) is 2.85. The van der Waals surface area contributed by atoms with Crippen LogP contribution in [0.2, 0.25) is 5.02 Å². The first-order valence-corrected chi connectivity index (χ1v) is 11.7. The first kappa shape index (κ1) is 25.0. The molecule has 0 spiro atoms. The molecule has 0 saturated heterocycles. The number of fused-ring (bicyclic) bond motifs is 1. The number of carbonyl (C=O) groups excluding carboxylic acids is 2. The van der Waals surface area contributed by atoms with Gasteiger partial charge in [0.05, 0.1) is 22.6 Å². The summed E-state index contributed by atoms with van der Waals surface area (Å²) < 4.78 is 16.8. The number of ether oxygens (including phenoxy) is 2. The Hall–Kier alpha value is -4.10. The van der Waals surface area contributed by atoms with E-state index in [1.54, 1.807) is 67.6 Å². The van der Waals surface area contributed by atoms with Crippen LogP contribution < -0.4 is 15.5 Å². The smallest absolute Gasteiger partial charge is 0.338 e. The minimum atomic E-state index is -0.497. The lowest BCUT2D eigenvalue weighted by Gasteiger charge is -2.13. The number of anilines is 1. The van der Waals surface area contributed by atoms with Crippen LogP contribution in [-0.2, 0) is 9.53 Å². The zero-order valence-corrected chi connectivity index (χ0v) is 20.8. The molecule has 0 atom stereocenters. The third-order valence-corrected chi connectivity index (χ3v) is 5.94. The fourth-order valence-electron chi connectivity index (χ4n) is 3.63. The molecule has 184 valence electrons. The van der Waals surface area contributed by atoms with Crippen LogP contribution in [0, 0.1) is 13.8 Å². The van der Waals surface area contributed by atoms with Crippen LogP contribution in [-0.4, -0.2) is 25.1 Å². The predicted molar refractivity (Wildman–Crippen MR) is 139 cm³/mol. The highest BCUT2D eigenvalue weighted by atomic mass is 35.5. The van der Waals surface area contributed by atoms with Gasteiger partial charge in [-0.2, -0.15) is 0 Å². The molecule has 0 fully saturated rings. The minimum Gasteiger partial charge on any atom is -0.476 e. The maximum atomic E-state index is 13.4. The highest BCUT2D eigenvalue weighted by Crippen LogP contribution is 2.35. The van der Waals surface area contributed by atoms with Gasteiger partial charge in [0.15, 0.2) is 12.4 Å². The van der Waals surface area contributed by atoms with Gasteiger partial charge in [0, 0.05) is 11.3 Å². The molecule has 1 amide bonds. The molecule has 1 N–H and O–H groups in total. The SMILES string of the molecule is CCOC(=O)c1ccc(NC(=O)COc2c(-c3ccccc3Cl)oc3cc(C)c(C)cc3c2=O)cc1. The summed E-state index contributed by atoms with van der Waals surface area (Å²) >= 11 is 6.39. The number of benzene rings is 3. The summed E-state index contributed by atoms with van der Waals surface area (Å²) in [6, 6.07) is 16.7. The first-order chi connectivity index (χ1) is 17.3. The summed E-state index contributed by atoms with van der Waals surface area (Å²) in [4.78, 5) is 37.8. The summed E-state index contributed by atoms with van der Waals surface area (Å²) in [6.07, 6.45) is 0. The summed E-state index contributed by atoms with van der Waals surface area (Å²) in [5, 5.41) is 3.40. The summed E-state index contributed by atoms with van der Waals surface area (Å²) in [5.41, 5.74) is 3.20. The second-order valence-corrected chi connectivity index (χ2v) is 8.54. The Morgan fingerprint density at radius 2 is 1.69 bits per heavy atom. The number of halogens is 1. The zero-order valence-electron chi connectivity index (χ0n) is 20.0. The topological polar surface area (TPSA) is 94.8 Å². The normalized spacial score (nSPS) is 10.8. The van der Waals surface area contributed by atoms with E-state index in [1.165, 1.54) is 0 Å². The molecule has 0 aliphatic carbocycles. The number of hydrogen-bond donors (Lipinski definition) is 1. The molecule has 0 unspecified atom stereocenters. The van der Waals surface area contributed by atoms with E-state index in [4.69, 9.17) is 25.5 Å². The van der Waals surface area contributed by atoms with E-state index in [9.17, 15) is 14.4 Å². The fraction of sp³-hybridized carbons (Fsp3) is 0.179. The molecular formula is C28H24ClNO6. The van der Waals surface area contributed by atoms with E-state index in [0.717, 1.165) is 11.1 Å². The van der Waals surface area contributed by atoms with E-state index in [2.05, 4.69) is 5.32 Å². The van der Waals surface area contributed by atoms with Crippen LogP contribution in [0.4, 0.5) is 5.69 Å². The number of hydrogen-bond acceptors (Lipinski definition) is 6. The quantitative estimate of drug-likeness (QED) is 0.313. The van der Waals surface area contributed by atoms with Crippen LogP contribution in [0.25, 0.3) is 22.3 Å². The highest BCUT2D eigenvalue weighted by Gasteiger charge is 2.21. The van der Waals surface area contributed by atoms with Crippen molar-refractivity contribution in [3.8, 4) is 17.1 Å². The third kappa shape index (κ3) is 5.26. The van der Waals surface area contributed by atoms with Gasteiger partial charge in [-0.05, 0) is 80.4 Å². The summed E-state index contributed by atoms with van der Waals surface area (Å²) in [5.74, 6) is -0.901. The molecule has 3 aromatic carbocycles. The van der Waals surface area contributed by atoms with Crippen molar-refractivity contribution in [1.82, 2.24) is 0 Å². The maximum absolute atomic E-state index is 13.4. The van der Waals surface area contributed by atoms with Gasteiger partial charge in [0.2, 0.25) is 11.2 Å². The molecule has 0 aliphatic rings. The van der Waals surface area contributed by atoms with Gasteiger partial charge in [-0.3, -0.25) is 9.59 Å². The second-order valence-electron chi connectivity index (χ2n) is 8.14. The Morgan fingerprint density at radius 3 is 2.39 bits per heavy atom. The van der Waals surface area contributed by atoms with Gasteiger partial charge in [0.25, 0.3) is 5.91 Å². The molecule has 4 rings (SSSR count). The van der Waals surface area contributed by atoms with Gasteiger partial charge >= 0.3 is 5.97 Å². The Bertz CT molecular complexity index is 1510. The van der Waals surface area contributed by atoms with Gasteiger partial charge in [-0.25, -0.2) is 4.79 Å². The highest BCUT2D eigenvalue weighted by molar-refractivity contribution is 6.33. The van der Waals surface area contributed by atoms with Crippen molar-refractivity contribution in [1.29, 1.82) is 0 Å². The molecule has 1 aromatic heterocycles. The van der Waals surface area contributed by atoms with Crippen LogP contribution in [0.15, 0.2) is 69.9 Å². The van der Waals surface area contributed by atoms with Crippen molar-refractivity contribution in [2.45, 2.75) is 20.8 Å². The number of carbonyl (C=O) groups is 2. The average molecular weight is 506 g/mol. The largest absolute Gasteiger partial charge is 0.476 e. The van der Waals surface area contributed by atoms with Crippen molar-refractivity contribution < 1.29 is 23.5 Å². The Kier molecular flexibility index (Phi) is 7.41. The van der Waals surface area contributed by atoms with E-state index in [1.807, 2.05) is 13.8 Å². The monoisotopic (exact) mass is 505 g/mol. The van der Waals surface area contributed by atoms with Crippen molar-refractivity contribution >= 4 is 40.1 Å². The van der Waals surface area contributed by atoms with E-state index in [-0.39, 0.29) is 18.1 Å². The van der Waals surface area contributed by atoms with Crippen molar-refractivity contribution in [2.75, 3.05) is 18.5 Å². The molecule has 8 heteroatoms. The molecule has 1 heterocycles. The Labute approximate surface area is 212 Å². The number of amides is 1. The number of aryl methyl sites for hydroxylation is 2. The molecule has 0 bridgehead atoms. The van der Waals surface area contributed by atoms with E-state index >= 15 is 0 Å². The van der Waals surface area contributed by atoms with Crippen LogP contribution in [0.3, 0.4) is 0 Å². The van der Waals surface area contributed by atoms with Gasteiger partial charge in [-0.15, -0.1) is 0 Å². The minimum absolute atomic E-state index is 0.105. The van der Waals surface area contributed by atoms with E-state index < -0.39 is 23.9 Å². The molecular weight excluding hydrogens is 482 g/mol. The molecule has 0 aliphatic heterocycles. The lowest BCUT2D eigenvalue weighted by atomic mass is 10.0. The summed E-state index contributed by atoms with van der Waals surface area (Å²) in [7, 11) is 0. The molecule has 4 aromatic rings. The maximum Gasteiger partial charge on any atom is 0.338 e. The number of rotatable bonds is 7. The Morgan fingerprint density at radius 1 is 1.00 bits per heavy atom. The van der Waals surface area contributed by atoms with E-state index in [0.29, 0.717) is 32.8 Å². The fourth-order valence-corrected chi connectivity index (χ4v) is 3.85. The van der Waals surface area contributed by atoms with Crippen molar-refractivity contribution in [2.24, 2.45) is 0 Å². The Balaban J connectivity index is 1.62. The molecule has 36 heavy (non-hydrogen) atoms. The molecule has 0 saturated carbocycles.